The van der Waals surface area contributed by atoms with Crippen LogP contribution in [0.5, 0.6) is 5.75 Å². The Morgan fingerprint density at radius 3 is 2.67 bits per heavy atom. The van der Waals surface area contributed by atoms with Crippen LogP contribution in [0.3, 0.4) is 0 Å². The summed E-state index contributed by atoms with van der Waals surface area (Å²) < 4.78 is 47.1. The van der Waals surface area contributed by atoms with E-state index < -0.39 is 11.7 Å². The number of benzene rings is 2. The second-order valence-corrected chi connectivity index (χ2v) is 11.0. The first kappa shape index (κ1) is 30.4. The van der Waals surface area contributed by atoms with Crippen molar-refractivity contribution in [3.05, 3.63) is 59.3 Å². The van der Waals surface area contributed by atoms with Gasteiger partial charge < -0.3 is 35.8 Å². The molecular weight excluding hydrogens is 561 g/mol. The lowest BCUT2D eigenvalue weighted by atomic mass is 10.0. The Morgan fingerprint density at radius 1 is 1.16 bits per heavy atom. The number of carbonyl (C=O) groups excluding carboxylic acids is 1. The number of rotatable bonds is 11. The molecule has 230 valence electrons. The third kappa shape index (κ3) is 7.46. The Kier molecular flexibility index (Phi) is 9.21. The Labute approximate surface area is 249 Å². The van der Waals surface area contributed by atoms with E-state index >= 15 is 0 Å². The van der Waals surface area contributed by atoms with Crippen LogP contribution >= 0.6 is 0 Å². The van der Waals surface area contributed by atoms with Gasteiger partial charge in [-0.1, -0.05) is 12.1 Å². The van der Waals surface area contributed by atoms with Crippen molar-refractivity contribution >= 4 is 34.7 Å². The first-order valence-corrected chi connectivity index (χ1v) is 14.3. The first-order chi connectivity index (χ1) is 20.6. The smallest absolute Gasteiger partial charge is 0.421 e. The van der Waals surface area contributed by atoms with Crippen LogP contribution in [-0.4, -0.2) is 74.2 Å². The number of alkyl halides is 3. The van der Waals surface area contributed by atoms with Crippen molar-refractivity contribution in [2.24, 2.45) is 0 Å². The fourth-order valence-corrected chi connectivity index (χ4v) is 5.38. The van der Waals surface area contributed by atoms with E-state index in [0.29, 0.717) is 28.7 Å². The number of piperidine rings is 1. The molecule has 0 unspecified atom stereocenters. The molecule has 2 aromatic carbocycles. The Hall–Kier alpha value is -4.10. The standard InChI is InChI=1S/C30H37F3N8O2/c1-40(2)14-11-34-20-9-12-41(13-10-20)21-7-8-25(26(15-21)43-3)38-29-36-18-23(30(31,32)33)28(39-29)35-17-19-5-4-6-24-22(19)16-27(42)37-24/h4-8,15,18,20,34H,9-14,16-17H2,1-3H3,(H,37,42)(H2,35,36,38,39). The summed E-state index contributed by atoms with van der Waals surface area (Å²) in [4.78, 5) is 24.4. The Morgan fingerprint density at radius 2 is 1.95 bits per heavy atom. The minimum absolute atomic E-state index is 0.0127. The molecule has 2 aliphatic rings. The zero-order valence-electron chi connectivity index (χ0n) is 24.5. The number of aromatic nitrogens is 2. The van der Waals surface area contributed by atoms with Gasteiger partial charge in [0.25, 0.3) is 0 Å². The molecule has 10 nitrogen and oxygen atoms in total. The zero-order chi connectivity index (χ0) is 30.6. The molecule has 1 saturated heterocycles. The van der Waals surface area contributed by atoms with E-state index in [9.17, 15) is 18.0 Å². The van der Waals surface area contributed by atoms with Gasteiger partial charge >= 0.3 is 6.18 Å². The molecule has 13 heteroatoms. The molecule has 0 spiro atoms. The van der Waals surface area contributed by atoms with E-state index in [4.69, 9.17) is 4.74 Å². The van der Waals surface area contributed by atoms with Crippen molar-refractivity contribution in [1.82, 2.24) is 20.2 Å². The molecule has 3 aromatic rings. The molecule has 5 rings (SSSR count). The highest BCUT2D eigenvalue weighted by Crippen LogP contribution is 2.36. The van der Waals surface area contributed by atoms with Crippen LogP contribution in [0.25, 0.3) is 0 Å². The predicted molar refractivity (Wildman–Crippen MR) is 161 cm³/mol. The van der Waals surface area contributed by atoms with Gasteiger partial charge in [-0.15, -0.1) is 0 Å². The largest absolute Gasteiger partial charge is 0.494 e. The molecule has 1 aromatic heterocycles. The number of carbonyl (C=O) groups is 1. The van der Waals surface area contributed by atoms with Crippen molar-refractivity contribution in [1.29, 1.82) is 0 Å². The quantitative estimate of drug-likeness (QED) is 0.254. The van der Waals surface area contributed by atoms with Gasteiger partial charge in [0.2, 0.25) is 11.9 Å². The van der Waals surface area contributed by atoms with E-state index in [1.54, 1.807) is 25.3 Å². The first-order valence-electron chi connectivity index (χ1n) is 14.3. The second kappa shape index (κ2) is 13.0. The minimum atomic E-state index is -4.66. The van der Waals surface area contributed by atoms with Crippen LogP contribution in [0.1, 0.15) is 29.5 Å². The number of hydrogen-bond acceptors (Lipinski definition) is 9. The van der Waals surface area contributed by atoms with Crippen molar-refractivity contribution in [2.75, 3.05) is 68.2 Å². The topological polar surface area (TPSA) is 107 Å². The van der Waals surface area contributed by atoms with Gasteiger partial charge in [-0.2, -0.15) is 18.2 Å². The second-order valence-electron chi connectivity index (χ2n) is 11.0. The normalized spacial score (nSPS) is 15.4. The molecule has 0 radical (unpaired) electrons. The van der Waals surface area contributed by atoms with Crippen molar-refractivity contribution in [2.45, 2.75) is 38.0 Å². The fourth-order valence-electron chi connectivity index (χ4n) is 5.38. The van der Waals surface area contributed by atoms with Gasteiger partial charge in [0.15, 0.2) is 0 Å². The number of nitrogens with one attached hydrogen (secondary N) is 4. The lowest BCUT2D eigenvalue weighted by Crippen LogP contribution is -2.44. The molecule has 43 heavy (non-hydrogen) atoms. The molecular formula is C30H37F3N8O2. The SMILES string of the molecule is COc1cc(N2CCC(NCCN(C)C)CC2)ccc1Nc1ncc(C(F)(F)F)c(NCc2cccc3c2CC(=O)N3)n1. The van der Waals surface area contributed by atoms with Gasteiger partial charge in [0, 0.05) is 62.4 Å². The summed E-state index contributed by atoms with van der Waals surface area (Å²) in [6.45, 7) is 3.82. The minimum Gasteiger partial charge on any atom is -0.494 e. The van der Waals surface area contributed by atoms with Crippen molar-refractivity contribution in [3.8, 4) is 5.75 Å². The number of hydrogen-bond donors (Lipinski definition) is 4. The molecule has 0 bridgehead atoms. The summed E-state index contributed by atoms with van der Waals surface area (Å²) in [5.74, 6) is 0.00149. The van der Waals surface area contributed by atoms with Gasteiger partial charge in [-0.3, -0.25) is 4.79 Å². The monoisotopic (exact) mass is 598 g/mol. The average molecular weight is 599 g/mol. The molecule has 2 aliphatic heterocycles. The maximum absolute atomic E-state index is 13.8. The van der Waals surface area contributed by atoms with Crippen molar-refractivity contribution < 1.29 is 22.7 Å². The van der Waals surface area contributed by atoms with Crippen LogP contribution in [0.4, 0.5) is 42.0 Å². The van der Waals surface area contributed by atoms with Crippen LogP contribution in [0, 0.1) is 0 Å². The molecule has 1 amide bonds. The van der Waals surface area contributed by atoms with Gasteiger partial charge in [0.1, 0.15) is 17.1 Å². The molecule has 0 atom stereocenters. The van der Waals surface area contributed by atoms with Crippen LogP contribution in [-0.2, 0) is 23.9 Å². The number of anilines is 5. The summed E-state index contributed by atoms with van der Waals surface area (Å²) in [5.41, 5.74) is 2.69. The highest BCUT2D eigenvalue weighted by Gasteiger charge is 2.35. The van der Waals surface area contributed by atoms with E-state index in [1.807, 2.05) is 18.2 Å². The average Bonchev–Trinajstić information content (AvgIpc) is 3.37. The molecule has 0 aliphatic carbocycles. The van der Waals surface area contributed by atoms with Crippen molar-refractivity contribution in [3.63, 3.8) is 0 Å². The molecule has 3 heterocycles. The predicted octanol–water partition coefficient (Wildman–Crippen LogP) is 4.47. The lowest BCUT2D eigenvalue weighted by molar-refractivity contribution is -0.137. The van der Waals surface area contributed by atoms with Crippen LogP contribution in [0.2, 0.25) is 0 Å². The summed E-state index contributed by atoms with van der Waals surface area (Å²) in [7, 11) is 5.67. The van der Waals surface area contributed by atoms with Crippen LogP contribution < -0.4 is 30.9 Å². The highest BCUT2D eigenvalue weighted by molar-refractivity contribution is 5.99. The summed E-state index contributed by atoms with van der Waals surface area (Å²) in [6, 6.07) is 11.5. The van der Waals surface area contributed by atoms with Crippen LogP contribution in [0.15, 0.2) is 42.6 Å². The number of halogens is 3. The number of methoxy groups -OCH3 is 1. The van der Waals surface area contributed by atoms with E-state index in [2.05, 4.69) is 55.1 Å². The van der Waals surface area contributed by atoms with E-state index in [1.165, 1.54) is 0 Å². The number of likely N-dealkylation sites (N-methyl/N-ethyl adjacent to an activating group) is 1. The fraction of sp³-hybridized carbons (Fsp3) is 0.433. The maximum atomic E-state index is 13.8. The Balaban J connectivity index is 1.28. The van der Waals surface area contributed by atoms with E-state index in [0.717, 1.165) is 56.5 Å². The lowest BCUT2D eigenvalue weighted by Gasteiger charge is -2.34. The number of nitrogens with zero attached hydrogens (tertiary/aromatic N) is 4. The third-order valence-corrected chi connectivity index (χ3v) is 7.71. The number of ether oxygens (including phenoxy) is 1. The third-order valence-electron chi connectivity index (χ3n) is 7.71. The zero-order valence-corrected chi connectivity index (χ0v) is 24.5. The van der Waals surface area contributed by atoms with Gasteiger partial charge in [-0.25, -0.2) is 4.98 Å². The summed E-state index contributed by atoms with van der Waals surface area (Å²) in [6.07, 6.45) is -1.66. The molecule has 4 N–H and O–H groups in total. The highest BCUT2D eigenvalue weighted by atomic mass is 19.4. The Bertz CT molecular complexity index is 1440. The summed E-state index contributed by atoms with van der Waals surface area (Å²) in [5, 5.41) is 12.2. The number of amides is 1. The number of fused-ring (bicyclic) bond motifs is 1. The van der Waals surface area contributed by atoms with E-state index in [-0.39, 0.29) is 30.6 Å². The molecule has 1 fully saturated rings. The van der Waals surface area contributed by atoms with Gasteiger partial charge in [-0.05, 0) is 56.3 Å². The van der Waals surface area contributed by atoms with Gasteiger partial charge in [0.05, 0.1) is 19.2 Å². The molecule has 0 saturated carbocycles. The summed E-state index contributed by atoms with van der Waals surface area (Å²) >= 11 is 0. The maximum Gasteiger partial charge on any atom is 0.421 e.